The average molecular weight is 255 g/mol. The van der Waals surface area contributed by atoms with Gasteiger partial charge in [0.25, 0.3) is 5.69 Å². The molecule has 0 saturated heterocycles. The monoisotopic (exact) mass is 254 g/mol. The predicted octanol–water partition coefficient (Wildman–Crippen LogP) is 2.67. The van der Waals surface area contributed by atoms with Crippen molar-refractivity contribution in [2.45, 2.75) is 12.3 Å². The maximum Gasteiger partial charge on any atom is 0.274 e. The van der Waals surface area contributed by atoms with Gasteiger partial charge in [0.2, 0.25) is 0 Å². The van der Waals surface area contributed by atoms with Crippen molar-refractivity contribution in [3.63, 3.8) is 0 Å². The van der Waals surface area contributed by atoms with E-state index in [1.807, 2.05) is 6.07 Å². The molecule has 0 aliphatic rings. The molecule has 0 aromatic heterocycles. The number of alkyl halides is 1. The molecule has 0 N–H and O–H groups in total. The Morgan fingerprint density at radius 1 is 1.64 bits per heavy atom. The first-order valence-corrected chi connectivity index (χ1v) is 4.96. The summed E-state index contributed by atoms with van der Waals surface area (Å²) < 4.78 is 0. The van der Waals surface area contributed by atoms with E-state index in [-0.39, 0.29) is 5.69 Å². The number of aryl methyl sites for hydroxylation is 1. The number of benzene rings is 1. The lowest BCUT2D eigenvalue weighted by molar-refractivity contribution is -0.385. The standard InChI is InChI=1S/C9H7BrN2O2/c1-6-2-7(4-10)9(12(13)14)3-8(6)5-11/h2-3H,4H2,1H3. The van der Waals surface area contributed by atoms with E-state index in [0.717, 1.165) is 5.56 Å². The molecule has 1 rings (SSSR count). The van der Waals surface area contributed by atoms with E-state index < -0.39 is 4.92 Å². The Hall–Kier alpha value is -1.41. The van der Waals surface area contributed by atoms with E-state index in [1.165, 1.54) is 6.07 Å². The Labute approximate surface area is 89.4 Å². The molecule has 0 unspecified atom stereocenters. The third-order valence-electron chi connectivity index (χ3n) is 1.89. The molecule has 0 radical (unpaired) electrons. The van der Waals surface area contributed by atoms with Crippen LogP contribution in [0.15, 0.2) is 12.1 Å². The van der Waals surface area contributed by atoms with E-state index in [2.05, 4.69) is 15.9 Å². The van der Waals surface area contributed by atoms with Gasteiger partial charge in [0.05, 0.1) is 16.6 Å². The van der Waals surface area contributed by atoms with E-state index in [4.69, 9.17) is 5.26 Å². The number of rotatable bonds is 2. The van der Waals surface area contributed by atoms with Gasteiger partial charge in [-0.25, -0.2) is 0 Å². The number of nitrogens with zero attached hydrogens (tertiary/aromatic N) is 2. The van der Waals surface area contributed by atoms with Crippen LogP contribution in [-0.4, -0.2) is 4.92 Å². The highest BCUT2D eigenvalue weighted by Crippen LogP contribution is 2.24. The molecule has 0 heterocycles. The largest absolute Gasteiger partial charge is 0.274 e. The Morgan fingerprint density at radius 2 is 2.29 bits per heavy atom. The summed E-state index contributed by atoms with van der Waals surface area (Å²) in [5.41, 5.74) is 1.68. The van der Waals surface area contributed by atoms with Crippen molar-refractivity contribution in [2.75, 3.05) is 0 Å². The van der Waals surface area contributed by atoms with Gasteiger partial charge in [-0.3, -0.25) is 10.1 Å². The molecule has 0 aliphatic heterocycles. The number of nitro benzene ring substituents is 1. The summed E-state index contributed by atoms with van der Waals surface area (Å²) in [4.78, 5) is 10.2. The Bertz CT molecular complexity index is 424. The van der Waals surface area contributed by atoms with E-state index >= 15 is 0 Å². The zero-order chi connectivity index (χ0) is 10.7. The van der Waals surface area contributed by atoms with E-state index in [1.54, 1.807) is 13.0 Å². The minimum atomic E-state index is -0.475. The quantitative estimate of drug-likeness (QED) is 0.463. The zero-order valence-electron chi connectivity index (χ0n) is 7.45. The third kappa shape index (κ3) is 1.91. The Balaban J connectivity index is 3.42. The van der Waals surface area contributed by atoms with Gasteiger partial charge in [0.15, 0.2) is 0 Å². The van der Waals surface area contributed by atoms with Gasteiger partial charge in [-0.1, -0.05) is 15.9 Å². The van der Waals surface area contributed by atoms with Crippen LogP contribution in [0.25, 0.3) is 0 Å². The van der Waals surface area contributed by atoms with Crippen molar-refractivity contribution in [3.05, 3.63) is 38.9 Å². The normalized spacial score (nSPS) is 9.50. The van der Waals surface area contributed by atoms with Crippen LogP contribution in [0.4, 0.5) is 5.69 Å². The highest BCUT2D eigenvalue weighted by atomic mass is 79.9. The number of halogens is 1. The summed E-state index contributed by atoms with van der Waals surface area (Å²) in [5.74, 6) is 0. The maximum atomic E-state index is 10.6. The molecule has 0 bridgehead atoms. The van der Waals surface area contributed by atoms with Crippen LogP contribution in [0.2, 0.25) is 0 Å². The molecule has 0 fully saturated rings. The second-order valence-corrected chi connectivity index (χ2v) is 3.36. The number of nitriles is 1. The minimum Gasteiger partial charge on any atom is -0.258 e. The highest BCUT2D eigenvalue weighted by Gasteiger charge is 2.15. The predicted molar refractivity (Wildman–Crippen MR) is 55.2 cm³/mol. The van der Waals surface area contributed by atoms with Crippen LogP contribution >= 0.6 is 15.9 Å². The summed E-state index contributed by atoms with van der Waals surface area (Å²) in [6, 6.07) is 4.89. The van der Waals surface area contributed by atoms with E-state index in [0.29, 0.717) is 16.5 Å². The van der Waals surface area contributed by atoms with Crippen LogP contribution in [0, 0.1) is 28.4 Å². The average Bonchev–Trinajstić information content (AvgIpc) is 2.16. The lowest BCUT2D eigenvalue weighted by atomic mass is 10.1. The van der Waals surface area contributed by atoms with Gasteiger partial charge >= 0.3 is 0 Å². The van der Waals surface area contributed by atoms with Gasteiger partial charge < -0.3 is 0 Å². The van der Waals surface area contributed by atoms with Gasteiger partial charge in [-0.2, -0.15) is 5.26 Å². The summed E-state index contributed by atoms with van der Waals surface area (Å²) in [6.07, 6.45) is 0. The van der Waals surface area contributed by atoms with Crippen LogP contribution in [0.1, 0.15) is 16.7 Å². The minimum absolute atomic E-state index is 0.0102. The molecule has 1 aromatic rings. The second kappa shape index (κ2) is 4.20. The van der Waals surface area contributed by atoms with Crippen molar-refractivity contribution in [1.82, 2.24) is 0 Å². The molecule has 0 aliphatic carbocycles. The second-order valence-electron chi connectivity index (χ2n) is 2.80. The SMILES string of the molecule is Cc1cc(CBr)c([N+](=O)[O-])cc1C#N. The molecule has 0 saturated carbocycles. The summed E-state index contributed by atoms with van der Waals surface area (Å²) in [7, 11) is 0. The summed E-state index contributed by atoms with van der Waals surface area (Å²) in [5, 5.41) is 19.8. The first kappa shape index (κ1) is 10.7. The molecular weight excluding hydrogens is 248 g/mol. The molecule has 5 heteroatoms. The molecule has 0 amide bonds. The fraction of sp³-hybridized carbons (Fsp3) is 0.222. The topological polar surface area (TPSA) is 66.9 Å². The lowest BCUT2D eigenvalue weighted by Gasteiger charge is -2.02. The maximum absolute atomic E-state index is 10.6. The number of nitro groups is 1. The van der Waals surface area contributed by atoms with Gasteiger partial charge in [-0.15, -0.1) is 0 Å². The van der Waals surface area contributed by atoms with Gasteiger partial charge in [0, 0.05) is 17.0 Å². The van der Waals surface area contributed by atoms with Crippen LogP contribution in [-0.2, 0) is 5.33 Å². The third-order valence-corrected chi connectivity index (χ3v) is 2.49. The lowest BCUT2D eigenvalue weighted by Crippen LogP contribution is -1.96. The molecule has 14 heavy (non-hydrogen) atoms. The molecule has 72 valence electrons. The molecule has 0 spiro atoms. The van der Waals surface area contributed by atoms with Crippen LogP contribution in [0.3, 0.4) is 0 Å². The van der Waals surface area contributed by atoms with Gasteiger partial charge in [0.1, 0.15) is 0 Å². The number of hydrogen-bond donors (Lipinski definition) is 0. The molecule has 1 aromatic carbocycles. The summed E-state index contributed by atoms with van der Waals surface area (Å²) >= 11 is 3.17. The van der Waals surface area contributed by atoms with Crippen LogP contribution < -0.4 is 0 Å². The van der Waals surface area contributed by atoms with Crippen LogP contribution in [0.5, 0.6) is 0 Å². The van der Waals surface area contributed by atoms with Gasteiger partial charge in [-0.05, 0) is 18.6 Å². The van der Waals surface area contributed by atoms with Crippen molar-refractivity contribution in [1.29, 1.82) is 5.26 Å². The molecule has 4 nitrogen and oxygen atoms in total. The Morgan fingerprint density at radius 3 is 2.71 bits per heavy atom. The van der Waals surface area contributed by atoms with Crippen molar-refractivity contribution in [2.24, 2.45) is 0 Å². The fourth-order valence-corrected chi connectivity index (χ4v) is 1.60. The smallest absolute Gasteiger partial charge is 0.258 e. The first-order chi connectivity index (χ1) is 6.60. The zero-order valence-corrected chi connectivity index (χ0v) is 9.04. The first-order valence-electron chi connectivity index (χ1n) is 3.84. The highest BCUT2D eigenvalue weighted by molar-refractivity contribution is 9.08. The van der Waals surface area contributed by atoms with Crippen molar-refractivity contribution < 1.29 is 4.92 Å². The van der Waals surface area contributed by atoms with Crippen molar-refractivity contribution in [3.8, 4) is 6.07 Å². The fourth-order valence-electron chi connectivity index (χ4n) is 1.15. The molecular formula is C9H7BrN2O2. The summed E-state index contributed by atoms with van der Waals surface area (Å²) in [6.45, 7) is 1.76. The van der Waals surface area contributed by atoms with E-state index in [9.17, 15) is 10.1 Å². The molecule has 0 atom stereocenters. The van der Waals surface area contributed by atoms with Crippen molar-refractivity contribution >= 4 is 21.6 Å². The Kier molecular flexibility index (Phi) is 3.20. The number of hydrogen-bond acceptors (Lipinski definition) is 3.